The maximum absolute atomic E-state index is 13.1. The fraction of sp³-hybridized carbons (Fsp3) is 0.333. The van der Waals surface area contributed by atoms with E-state index < -0.39 is 29.9 Å². The number of nitrogens with zero attached hydrogens (tertiary/aromatic N) is 7. The molecular weight excluding hydrogens is 557 g/mol. The highest BCUT2D eigenvalue weighted by atomic mass is 35.5. The predicted molar refractivity (Wildman–Crippen MR) is 135 cm³/mol. The number of hydrogen-bond acceptors (Lipinski definition) is 8. The number of carbonyl (C=O) groups is 1. The second kappa shape index (κ2) is 10.5. The fourth-order valence-corrected chi connectivity index (χ4v) is 4.02. The number of aliphatic hydroxyl groups excluding tert-OH is 1. The third kappa shape index (κ3) is 5.48. The van der Waals surface area contributed by atoms with Crippen molar-refractivity contribution in [2.45, 2.75) is 32.3 Å². The lowest BCUT2D eigenvalue weighted by Gasteiger charge is -2.36. The molecule has 4 heterocycles. The van der Waals surface area contributed by atoms with Crippen LogP contribution in [0.25, 0.3) is 17.1 Å². The number of halogens is 4. The zero-order valence-corrected chi connectivity index (χ0v) is 21.6. The van der Waals surface area contributed by atoms with Gasteiger partial charge in [0.15, 0.2) is 23.6 Å². The van der Waals surface area contributed by atoms with Crippen LogP contribution < -0.4 is 11.0 Å². The standard InChI is InChI=1S/C24H22ClF3N8O4/c1-23(11-40-12-23)21(38)31-19-16(3-2-8-29-19)36-13-30-18(32-36)10-35-22(39)34(9-17(37)24(26,27)28)20(33-35)14-4-6-15(25)7-5-14/h2-8,13,17,37H,9-12H2,1H3,(H,29,31,38)/t17-/m0/s1. The molecule has 0 saturated carbocycles. The van der Waals surface area contributed by atoms with E-state index in [1.54, 1.807) is 19.1 Å². The van der Waals surface area contributed by atoms with Gasteiger partial charge in [-0.1, -0.05) is 11.6 Å². The lowest BCUT2D eigenvalue weighted by atomic mass is 9.87. The topological polar surface area (TPSA) is 142 Å². The van der Waals surface area contributed by atoms with Gasteiger partial charge in [-0.3, -0.25) is 9.36 Å². The lowest BCUT2D eigenvalue weighted by molar-refractivity contribution is -0.207. The number of amides is 1. The summed E-state index contributed by atoms with van der Waals surface area (Å²) in [6.07, 6.45) is -4.90. The monoisotopic (exact) mass is 578 g/mol. The van der Waals surface area contributed by atoms with E-state index in [1.165, 1.54) is 41.5 Å². The average Bonchev–Trinajstić information content (AvgIpc) is 3.48. The first kappa shape index (κ1) is 27.5. The third-order valence-electron chi connectivity index (χ3n) is 6.24. The zero-order chi connectivity index (χ0) is 28.7. The number of rotatable bonds is 8. The maximum atomic E-state index is 13.1. The molecule has 1 aliphatic rings. The summed E-state index contributed by atoms with van der Waals surface area (Å²) in [5, 5.41) is 21.3. The van der Waals surface area contributed by atoms with Gasteiger partial charge in [0.1, 0.15) is 18.6 Å². The first-order valence-corrected chi connectivity index (χ1v) is 12.3. The van der Waals surface area contributed by atoms with Gasteiger partial charge in [0.2, 0.25) is 5.91 Å². The Morgan fingerprint density at radius 1 is 1.20 bits per heavy atom. The number of nitrogens with one attached hydrogen (secondary N) is 1. The van der Waals surface area contributed by atoms with Crippen molar-refractivity contribution < 1.29 is 27.8 Å². The Labute approximate surface area is 229 Å². The highest BCUT2D eigenvalue weighted by molar-refractivity contribution is 6.30. The summed E-state index contributed by atoms with van der Waals surface area (Å²) in [6.45, 7) is 0.983. The Morgan fingerprint density at radius 2 is 1.93 bits per heavy atom. The van der Waals surface area contributed by atoms with Crippen LogP contribution in [0.1, 0.15) is 12.7 Å². The quantitative estimate of drug-likeness (QED) is 0.324. The molecule has 5 rings (SSSR count). The van der Waals surface area contributed by atoms with E-state index in [4.69, 9.17) is 16.3 Å². The fourth-order valence-electron chi connectivity index (χ4n) is 3.89. The molecule has 2 N–H and O–H groups in total. The van der Waals surface area contributed by atoms with Crippen LogP contribution in [0.5, 0.6) is 0 Å². The summed E-state index contributed by atoms with van der Waals surface area (Å²) in [5.74, 6) is -0.0435. The Balaban J connectivity index is 1.44. The average molecular weight is 579 g/mol. The van der Waals surface area contributed by atoms with Crippen molar-refractivity contribution in [3.63, 3.8) is 0 Å². The van der Waals surface area contributed by atoms with Crippen LogP contribution in [-0.4, -0.2) is 70.6 Å². The molecule has 1 amide bonds. The van der Waals surface area contributed by atoms with Crippen LogP contribution >= 0.6 is 11.6 Å². The normalized spacial score (nSPS) is 15.4. The van der Waals surface area contributed by atoms with E-state index in [9.17, 15) is 27.9 Å². The number of anilines is 1. The minimum atomic E-state index is -4.95. The van der Waals surface area contributed by atoms with Gasteiger partial charge in [-0.2, -0.15) is 13.2 Å². The van der Waals surface area contributed by atoms with Gasteiger partial charge in [0.05, 0.1) is 25.2 Å². The van der Waals surface area contributed by atoms with Gasteiger partial charge in [-0.05, 0) is 43.3 Å². The van der Waals surface area contributed by atoms with Crippen molar-refractivity contribution in [1.29, 1.82) is 0 Å². The molecule has 0 radical (unpaired) electrons. The molecule has 3 aromatic heterocycles. The molecule has 0 bridgehead atoms. The smallest absolute Gasteiger partial charge is 0.382 e. The van der Waals surface area contributed by atoms with Crippen LogP contribution in [0.15, 0.2) is 53.7 Å². The second-order valence-electron chi connectivity index (χ2n) is 9.42. The van der Waals surface area contributed by atoms with Crippen molar-refractivity contribution in [2.75, 3.05) is 18.5 Å². The van der Waals surface area contributed by atoms with Crippen molar-refractivity contribution >= 4 is 23.3 Å². The van der Waals surface area contributed by atoms with Crippen LogP contribution in [0.3, 0.4) is 0 Å². The second-order valence-corrected chi connectivity index (χ2v) is 9.86. The number of aromatic nitrogens is 7. The highest BCUT2D eigenvalue weighted by Gasteiger charge is 2.41. The zero-order valence-electron chi connectivity index (χ0n) is 20.8. The third-order valence-corrected chi connectivity index (χ3v) is 6.50. The molecule has 0 aliphatic carbocycles. The van der Waals surface area contributed by atoms with E-state index in [-0.39, 0.29) is 43.1 Å². The van der Waals surface area contributed by atoms with E-state index in [0.29, 0.717) is 16.3 Å². The summed E-state index contributed by atoms with van der Waals surface area (Å²) in [7, 11) is 0. The van der Waals surface area contributed by atoms with Crippen molar-refractivity contribution in [2.24, 2.45) is 5.41 Å². The summed E-state index contributed by atoms with van der Waals surface area (Å²) in [4.78, 5) is 34.2. The number of aliphatic hydroxyl groups is 1. The van der Waals surface area contributed by atoms with Crippen molar-refractivity contribution in [3.05, 3.63) is 70.3 Å². The number of pyridine rings is 1. The molecule has 1 atom stereocenters. The molecule has 1 aromatic carbocycles. The van der Waals surface area contributed by atoms with Crippen LogP contribution in [-0.2, 0) is 22.6 Å². The van der Waals surface area contributed by atoms with E-state index in [0.717, 1.165) is 9.25 Å². The number of benzene rings is 1. The molecule has 1 fully saturated rings. The Morgan fingerprint density at radius 3 is 2.58 bits per heavy atom. The van der Waals surface area contributed by atoms with Gasteiger partial charge < -0.3 is 15.2 Å². The summed E-state index contributed by atoms with van der Waals surface area (Å²) < 4.78 is 47.4. The van der Waals surface area contributed by atoms with E-state index in [1.807, 2.05) is 0 Å². The molecule has 40 heavy (non-hydrogen) atoms. The largest absolute Gasteiger partial charge is 0.416 e. The SMILES string of the molecule is CC1(C(=O)Nc2ncccc2-n2cnc(Cn3nc(-c4ccc(Cl)cc4)n(C[C@H](O)C(F)(F)F)c3=O)n2)COC1. The molecule has 16 heteroatoms. The molecule has 12 nitrogen and oxygen atoms in total. The van der Waals surface area contributed by atoms with E-state index in [2.05, 4.69) is 25.5 Å². The summed E-state index contributed by atoms with van der Waals surface area (Å²) in [5.41, 5.74) is -0.875. The lowest BCUT2D eigenvalue weighted by Crippen LogP contribution is -2.49. The number of carbonyl (C=O) groups excluding carboxylic acids is 1. The number of alkyl halides is 3. The Bertz CT molecular complexity index is 1590. The predicted octanol–water partition coefficient (Wildman–Crippen LogP) is 2.29. The minimum absolute atomic E-state index is 0.102. The molecule has 210 valence electrons. The van der Waals surface area contributed by atoms with Crippen LogP contribution in [0, 0.1) is 5.41 Å². The first-order valence-electron chi connectivity index (χ1n) is 11.9. The first-order chi connectivity index (χ1) is 18.9. The van der Waals surface area contributed by atoms with Gasteiger partial charge >= 0.3 is 11.9 Å². The van der Waals surface area contributed by atoms with Gasteiger partial charge in [0.25, 0.3) is 0 Å². The number of ether oxygens (including phenoxy) is 1. The van der Waals surface area contributed by atoms with Crippen molar-refractivity contribution in [3.8, 4) is 17.1 Å². The van der Waals surface area contributed by atoms with Gasteiger partial charge in [0, 0.05) is 16.8 Å². The van der Waals surface area contributed by atoms with Gasteiger partial charge in [-0.25, -0.2) is 24.1 Å². The molecule has 0 unspecified atom stereocenters. The number of hydrogen-bond donors (Lipinski definition) is 2. The minimum Gasteiger partial charge on any atom is -0.382 e. The summed E-state index contributed by atoms with van der Waals surface area (Å²) in [6, 6.07) is 9.27. The summed E-state index contributed by atoms with van der Waals surface area (Å²) >= 11 is 5.92. The molecule has 1 aliphatic heterocycles. The van der Waals surface area contributed by atoms with Crippen LogP contribution in [0.4, 0.5) is 19.0 Å². The van der Waals surface area contributed by atoms with E-state index >= 15 is 0 Å². The highest BCUT2D eigenvalue weighted by Crippen LogP contribution is 2.29. The van der Waals surface area contributed by atoms with Crippen molar-refractivity contribution in [1.82, 2.24) is 34.1 Å². The molecule has 4 aromatic rings. The Kier molecular flexibility index (Phi) is 7.20. The maximum Gasteiger partial charge on any atom is 0.416 e. The van der Waals surface area contributed by atoms with Gasteiger partial charge in [-0.15, -0.1) is 10.2 Å². The molecule has 1 saturated heterocycles. The molecular formula is C24H22ClF3N8O4. The molecule has 0 spiro atoms. The van der Waals surface area contributed by atoms with Crippen LogP contribution in [0.2, 0.25) is 5.02 Å². The Hall–Kier alpha value is -4.08.